The van der Waals surface area contributed by atoms with Gasteiger partial charge < -0.3 is 9.62 Å². The molecule has 0 amide bonds. The summed E-state index contributed by atoms with van der Waals surface area (Å²) >= 11 is 1.86. The van der Waals surface area contributed by atoms with Crippen molar-refractivity contribution in [3.05, 3.63) is 0 Å². The van der Waals surface area contributed by atoms with E-state index in [1.165, 1.54) is 0 Å². The number of nitrogens with zero attached hydrogens (tertiary/aromatic N) is 4. The average Bonchev–Trinajstić information content (AvgIpc) is 3.04. The van der Waals surface area contributed by atoms with Crippen molar-refractivity contribution in [3.63, 3.8) is 0 Å². The fourth-order valence-electron chi connectivity index (χ4n) is 3.26. The van der Waals surface area contributed by atoms with Crippen molar-refractivity contribution < 1.29 is 0 Å². The minimum atomic E-state index is 0.155. The summed E-state index contributed by atoms with van der Waals surface area (Å²) < 4.78 is 4.87. The van der Waals surface area contributed by atoms with Gasteiger partial charge in [0.1, 0.15) is 0 Å². The average molecular weight is 328 g/mol. The normalized spacial score (nSPS) is 13.9. The fourth-order valence-corrected chi connectivity index (χ4v) is 4.26. The van der Waals surface area contributed by atoms with Crippen LogP contribution in [-0.2, 0) is 5.54 Å². The molecule has 0 aromatic carbocycles. The molecule has 0 aliphatic carbocycles. The minimum Gasteiger partial charge on any atom is -0.302 e. The molecule has 0 saturated heterocycles. The van der Waals surface area contributed by atoms with E-state index < -0.39 is 0 Å². The molecule has 22 heavy (non-hydrogen) atoms. The molecule has 6 heteroatoms. The Hall–Kier alpha value is -0.195. The minimum absolute atomic E-state index is 0.155. The maximum atomic E-state index is 2.62. The second kappa shape index (κ2) is 7.14. The summed E-state index contributed by atoms with van der Waals surface area (Å²) in [5.41, 5.74) is 0.155. The van der Waals surface area contributed by atoms with Crippen LogP contribution < -0.4 is 0 Å². The zero-order chi connectivity index (χ0) is 17.4. The Labute approximate surface area is 142 Å². The summed E-state index contributed by atoms with van der Waals surface area (Å²) in [6.07, 6.45) is 0. The maximum absolute atomic E-state index is 2.62. The summed E-state index contributed by atoms with van der Waals surface area (Å²) in [6.45, 7) is 25.3. The molecule has 0 fully saturated rings. The molecule has 0 aliphatic heterocycles. The van der Waals surface area contributed by atoms with Crippen LogP contribution in [0.1, 0.15) is 76.2 Å². The zero-order valence-electron chi connectivity index (χ0n) is 16.6. The Balaban J connectivity index is 3.29. The van der Waals surface area contributed by atoms with Crippen molar-refractivity contribution in [1.82, 2.24) is 17.7 Å². The van der Waals surface area contributed by atoms with Crippen molar-refractivity contribution in [2.45, 2.75) is 106 Å². The van der Waals surface area contributed by atoms with Gasteiger partial charge in [-0.25, -0.2) is 8.05 Å². The van der Waals surface area contributed by atoms with E-state index in [4.69, 9.17) is 0 Å². The molecule has 0 saturated carbocycles. The lowest BCUT2D eigenvalue weighted by atomic mass is 9.81. The number of hydrogen-bond acceptors (Lipinski definition) is 3. The van der Waals surface area contributed by atoms with Gasteiger partial charge in [-0.1, -0.05) is 55.4 Å². The Kier molecular flexibility index (Phi) is 6.44. The lowest BCUT2D eigenvalue weighted by molar-refractivity contribution is 0.211. The highest BCUT2D eigenvalue weighted by molar-refractivity contribution is 7.09. The SMILES string of the molecule is CC(C)N(B(N(C(C)C)C(C)C)n1sn1C(C)(C)C)C(C)C. The second-order valence-electron chi connectivity index (χ2n) is 8.44. The van der Waals surface area contributed by atoms with E-state index in [1.807, 2.05) is 11.7 Å². The highest BCUT2D eigenvalue weighted by Crippen LogP contribution is 2.29. The molecule has 0 spiro atoms. The summed E-state index contributed by atoms with van der Waals surface area (Å²) in [4.78, 5) is 5.25. The molecule has 1 aromatic heterocycles. The van der Waals surface area contributed by atoms with E-state index in [0.717, 1.165) is 0 Å². The third-order valence-corrected chi connectivity index (χ3v) is 5.26. The van der Waals surface area contributed by atoms with Crippen molar-refractivity contribution in [1.29, 1.82) is 0 Å². The third-order valence-electron chi connectivity index (χ3n) is 4.01. The first-order valence-corrected chi connectivity index (χ1v) is 9.45. The molecule has 0 unspecified atom stereocenters. The van der Waals surface area contributed by atoms with Gasteiger partial charge in [-0.05, 0) is 44.9 Å². The molecule has 130 valence electrons. The molecule has 0 aliphatic rings. The van der Waals surface area contributed by atoms with Crippen LogP contribution in [-0.4, -0.2) is 49.0 Å². The van der Waals surface area contributed by atoms with Gasteiger partial charge in [-0.15, -0.1) is 0 Å². The summed E-state index contributed by atoms with van der Waals surface area (Å²) in [5.74, 6) is 0. The molecule has 0 bridgehead atoms. The van der Waals surface area contributed by atoms with Crippen molar-refractivity contribution in [2.24, 2.45) is 0 Å². The van der Waals surface area contributed by atoms with E-state index in [-0.39, 0.29) is 5.54 Å². The molecule has 1 rings (SSSR count). The van der Waals surface area contributed by atoms with Crippen LogP contribution in [0.15, 0.2) is 0 Å². The molecule has 0 radical (unpaired) electrons. The van der Waals surface area contributed by atoms with Gasteiger partial charge in [0, 0.05) is 11.7 Å². The van der Waals surface area contributed by atoms with Gasteiger partial charge in [-0.3, -0.25) is 0 Å². The standard InChI is InChI=1S/C16H37BN4S/c1-12(2)18(13(3)4)17(19(14(5)6)15(7)8)21-20(22-21)16(9,10)11/h12-15H,1-11H3. The molecular formula is C16H37BN4S. The van der Waals surface area contributed by atoms with Crippen molar-refractivity contribution in [3.8, 4) is 0 Å². The Morgan fingerprint density at radius 2 is 1.05 bits per heavy atom. The largest absolute Gasteiger partial charge is 0.471 e. The Morgan fingerprint density at radius 3 is 1.23 bits per heavy atom. The first-order chi connectivity index (χ1) is 9.89. The van der Waals surface area contributed by atoms with Gasteiger partial charge in [-0.2, -0.15) is 0 Å². The highest BCUT2D eigenvalue weighted by Gasteiger charge is 2.44. The van der Waals surface area contributed by atoms with Gasteiger partial charge in [0.05, 0.1) is 5.54 Å². The van der Waals surface area contributed by atoms with Gasteiger partial charge in [0.15, 0.2) is 0 Å². The van der Waals surface area contributed by atoms with Crippen molar-refractivity contribution in [2.75, 3.05) is 0 Å². The number of hydrogen-bond donors (Lipinski definition) is 0. The number of rotatable bonds is 7. The first kappa shape index (κ1) is 19.9. The maximum Gasteiger partial charge on any atom is 0.471 e. The summed E-state index contributed by atoms with van der Waals surface area (Å²) in [7, 11) is 0.296. The fraction of sp³-hybridized carbons (Fsp3) is 1.00. The number of aromatic nitrogens is 2. The van der Waals surface area contributed by atoms with Crippen LogP contribution in [0.5, 0.6) is 0 Å². The van der Waals surface area contributed by atoms with Gasteiger partial charge in [0.2, 0.25) is 0 Å². The van der Waals surface area contributed by atoms with E-state index in [2.05, 4.69) is 93.8 Å². The van der Waals surface area contributed by atoms with E-state index in [9.17, 15) is 0 Å². The lowest BCUT2D eigenvalue weighted by Gasteiger charge is -2.43. The summed E-state index contributed by atoms with van der Waals surface area (Å²) in [6, 6.07) is 2.03. The lowest BCUT2D eigenvalue weighted by Crippen LogP contribution is -2.64. The van der Waals surface area contributed by atoms with Crippen molar-refractivity contribution >= 4 is 18.8 Å². The zero-order valence-corrected chi connectivity index (χ0v) is 17.4. The van der Waals surface area contributed by atoms with Crippen LogP contribution >= 0.6 is 11.7 Å². The molecule has 0 N–H and O–H groups in total. The molecule has 1 heterocycles. The molecule has 1 aromatic rings. The smallest absolute Gasteiger partial charge is 0.302 e. The van der Waals surface area contributed by atoms with Crippen LogP contribution in [0.4, 0.5) is 0 Å². The van der Waals surface area contributed by atoms with Crippen LogP contribution in [0.3, 0.4) is 0 Å². The first-order valence-electron chi connectivity index (χ1n) is 8.71. The molecule has 0 atom stereocenters. The molecule has 4 nitrogen and oxygen atoms in total. The van der Waals surface area contributed by atoms with E-state index >= 15 is 0 Å². The van der Waals surface area contributed by atoms with E-state index in [1.54, 1.807) is 0 Å². The Bertz CT molecular complexity index is 400. The second-order valence-corrected chi connectivity index (χ2v) is 9.33. The predicted octanol–water partition coefficient (Wildman–Crippen LogP) is 4.18. The monoisotopic (exact) mass is 328 g/mol. The van der Waals surface area contributed by atoms with Crippen LogP contribution in [0.2, 0.25) is 0 Å². The van der Waals surface area contributed by atoms with Crippen LogP contribution in [0.25, 0.3) is 0 Å². The topological polar surface area (TPSA) is 16.3 Å². The molecular weight excluding hydrogens is 291 g/mol. The quantitative estimate of drug-likeness (QED) is 0.698. The Morgan fingerprint density at radius 1 is 0.727 bits per heavy atom. The van der Waals surface area contributed by atoms with Crippen LogP contribution in [0, 0.1) is 0 Å². The highest BCUT2D eigenvalue weighted by atomic mass is 32.1. The van der Waals surface area contributed by atoms with E-state index in [0.29, 0.717) is 31.3 Å². The summed E-state index contributed by atoms with van der Waals surface area (Å²) in [5, 5.41) is 0. The van der Waals surface area contributed by atoms with Gasteiger partial charge in [0.25, 0.3) is 0 Å². The third kappa shape index (κ3) is 4.42. The van der Waals surface area contributed by atoms with Gasteiger partial charge >= 0.3 is 7.12 Å². The predicted molar refractivity (Wildman–Crippen MR) is 101 cm³/mol.